The number of esters is 1. The summed E-state index contributed by atoms with van der Waals surface area (Å²) in [5.74, 6) is -0.562. The van der Waals surface area contributed by atoms with Crippen LogP contribution < -0.4 is 4.74 Å². The number of nitro groups is 1. The summed E-state index contributed by atoms with van der Waals surface area (Å²) in [6, 6.07) is 10.1. The number of ether oxygens (including phenoxy) is 2. The molecular formula is C14H9N3O5. The smallest absolute Gasteiger partial charge is 0.345 e. The molecule has 1 heterocycles. The average molecular weight is 299 g/mol. The minimum atomic E-state index is -0.851. The van der Waals surface area contributed by atoms with Crippen LogP contribution in [0.4, 0.5) is 5.69 Å². The van der Waals surface area contributed by atoms with Gasteiger partial charge in [0.25, 0.3) is 5.69 Å². The van der Waals surface area contributed by atoms with E-state index >= 15 is 0 Å². The van der Waals surface area contributed by atoms with E-state index in [1.54, 1.807) is 6.07 Å². The molecule has 8 heteroatoms. The second-order valence-electron chi connectivity index (χ2n) is 4.00. The number of nitrogens with zero attached hydrogens (tertiary/aromatic N) is 3. The van der Waals surface area contributed by atoms with E-state index in [0.717, 1.165) is 13.2 Å². The van der Waals surface area contributed by atoms with Gasteiger partial charge in [0, 0.05) is 18.2 Å². The van der Waals surface area contributed by atoms with Crippen LogP contribution in [0.1, 0.15) is 16.1 Å². The summed E-state index contributed by atoms with van der Waals surface area (Å²) in [6.07, 6.45) is 0. The monoisotopic (exact) mass is 299 g/mol. The lowest BCUT2D eigenvalue weighted by atomic mass is 10.1. The topological polar surface area (TPSA) is 115 Å². The van der Waals surface area contributed by atoms with Crippen LogP contribution in [0.25, 0.3) is 0 Å². The Labute approximate surface area is 124 Å². The molecule has 0 bridgehead atoms. The van der Waals surface area contributed by atoms with Gasteiger partial charge in [0.2, 0.25) is 5.88 Å². The number of hydrogen-bond donors (Lipinski definition) is 0. The highest BCUT2D eigenvalue weighted by atomic mass is 16.6. The van der Waals surface area contributed by atoms with Crippen molar-refractivity contribution in [3.8, 4) is 17.7 Å². The molecule has 0 aliphatic carbocycles. The normalized spacial score (nSPS) is 9.64. The van der Waals surface area contributed by atoms with E-state index in [1.807, 2.05) is 6.07 Å². The van der Waals surface area contributed by atoms with Crippen molar-refractivity contribution in [1.29, 1.82) is 5.26 Å². The predicted molar refractivity (Wildman–Crippen MR) is 73.5 cm³/mol. The minimum Gasteiger partial charge on any atom is -0.465 e. The highest BCUT2D eigenvalue weighted by Gasteiger charge is 2.22. The van der Waals surface area contributed by atoms with Crippen molar-refractivity contribution in [3.63, 3.8) is 0 Å². The molecule has 0 saturated heterocycles. The summed E-state index contributed by atoms with van der Waals surface area (Å²) in [4.78, 5) is 25.7. The molecule has 8 nitrogen and oxygen atoms in total. The zero-order valence-corrected chi connectivity index (χ0v) is 11.3. The SMILES string of the molecule is COC(=O)c1cc(Oc2cccc(C#N)n2)ccc1[N+](=O)[O-]. The molecule has 0 atom stereocenters. The van der Waals surface area contributed by atoms with Crippen LogP contribution in [0.15, 0.2) is 36.4 Å². The van der Waals surface area contributed by atoms with Gasteiger partial charge in [-0.2, -0.15) is 5.26 Å². The maximum atomic E-state index is 11.6. The number of aromatic nitrogens is 1. The lowest BCUT2D eigenvalue weighted by Crippen LogP contribution is -2.06. The number of hydrogen-bond acceptors (Lipinski definition) is 7. The number of nitriles is 1. The number of rotatable bonds is 4. The molecule has 0 aliphatic rings. The first-order valence-electron chi connectivity index (χ1n) is 5.97. The molecule has 110 valence electrons. The molecule has 0 radical (unpaired) electrons. The third kappa shape index (κ3) is 3.16. The van der Waals surface area contributed by atoms with E-state index in [9.17, 15) is 14.9 Å². The summed E-state index contributed by atoms with van der Waals surface area (Å²) in [5.41, 5.74) is -0.466. The van der Waals surface area contributed by atoms with E-state index in [1.165, 1.54) is 24.3 Å². The van der Waals surface area contributed by atoms with E-state index in [0.29, 0.717) is 0 Å². The molecule has 0 amide bonds. The fourth-order valence-electron chi connectivity index (χ4n) is 1.67. The number of benzene rings is 1. The van der Waals surface area contributed by atoms with E-state index < -0.39 is 16.6 Å². The average Bonchev–Trinajstić information content (AvgIpc) is 2.54. The molecule has 2 aromatic rings. The second kappa shape index (κ2) is 6.32. The summed E-state index contributed by atoms with van der Waals surface area (Å²) in [7, 11) is 1.12. The van der Waals surface area contributed by atoms with E-state index in [-0.39, 0.29) is 22.9 Å². The van der Waals surface area contributed by atoms with Crippen LogP contribution in [-0.2, 0) is 4.74 Å². The molecule has 1 aromatic heterocycles. The highest BCUT2D eigenvalue weighted by molar-refractivity contribution is 5.94. The molecule has 0 spiro atoms. The van der Waals surface area contributed by atoms with Crippen molar-refractivity contribution in [2.75, 3.05) is 7.11 Å². The number of nitro benzene ring substituents is 1. The maximum Gasteiger partial charge on any atom is 0.345 e. The van der Waals surface area contributed by atoms with Gasteiger partial charge in [-0.25, -0.2) is 9.78 Å². The quantitative estimate of drug-likeness (QED) is 0.483. The van der Waals surface area contributed by atoms with Gasteiger partial charge in [-0.3, -0.25) is 10.1 Å². The predicted octanol–water partition coefficient (Wildman–Crippen LogP) is 2.44. The first-order valence-corrected chi connectivity index (χ1v) is 5.97. The molecule has 22 heavy (non-hydrogen) atoms. The molecule has 0 saturated carbocycles. The molecule has 0 aliphatic heterocycles. The van der Waals surface area contributed by atoms with Gasteiger partial charge >= 0.3 is 5.97 Å². The zero-order chi connectivity index (χ0) is 16.1. The number of pyridine rings is 1. The molecule has 0 unspecified atom stereocenters. The maximum absolute atomic E-state index is 11.6. The van der Waals surface area contributed by atoms with Gasteiger partial charge in [0.15, 0.2) is 0 Å². The van der Waals surface area contributed by atoms with Gasteiger partial charge < -0.3 is 9.47 Å². The molecule has 0 fully saturated rings. The van der Waals surface area contributed by atoms with Crippen LogP contribution in [-0.4, -0.2) is 23.0 Å². The van der Waals surface area contributed by atoms with Crippen molar-refractivity contribution < 1.29 is 19.2 Å². The van der Waals surface area contributed by atoms with Gasteiger partial charge in [-0.1, -0.05) is 6.07 Å². The van der Waals surface area contributed by atoms with E-state index in [2.05, 4.69) is 9.72 Å². The van der Waals surface area contributed by atoms with Crippen LogP contribution in [0, 0.1) is 21.4 Å². The van der Waals surface area contributed by atoms with E-state index in [4.69, 9.17) is 10.00 Å². The van der Waals surface area contributed by atoms with Crippen LogP contribution in [0.2, 0.25) is 0 Å². The fourth-order valence-corrected chi connectivity index (χ4v) is 1.67. The van der Waals surface area contributed by atoms with Crippen molar-refractivity contribution in [2.45, 2.75) is 0 Å². The van der Waals surface area contributed by atoms with Crippen molar-refractivity contribution >= 4 is 11.7 Å². The molecule has 2 rings (SSSR count). The van der Waals surface area contributed by atoms with Crippen LogP contribution in [0.5, 0.6) is 11.6 Å². The standard InChI is InChI=1S/C14H9N3O5/c1-21-14(18)11-7-10(5-6-12(11)17(19)20)22-13-4-2-3-9(8-15)16-13/h2-7H,1H3. The van der Waals surface area contributed by atoms with Gasteiger partial charge in [-0.05, 0) is 12.1 Å². The van der Waals surface area contributed by atoms with Crippen molar-refractivity contribution in [3.05, 3.63) is 57.8 Å². The molecule has 1 aromatic carbocycles. The molecule has 0 N–H and O–H groups in total. The zero-order valence-electron chi connectivity index (χ0n) is 11.3. The van der Waals surface area contributed by atoms with Crippen LogP contribution >= 0.6 is 0 Å². The largest absolute Gasteiger partial charge is 0.465 e. The van der Waals surface area contributed by atoms with Gasteiger partial charge in [0.05, 0.1) is 12.0 Å². The lowest BCUT2D eigenvalue weighted by molar-refractivity contribution is -0.385. The fraction of sp³-hybridized carbons (Fsp3) is 0.0714. The summed E-state index contributed by atoms with van der Waals surface area (Å²) in [6.45, 7) is 0. The number of carbonyl (C=O) groups is 1. The third-order valence-electron chi connectivity index (χ3n) is 2.63. The third-order valence-corrected chi connectivity index (χ3v) is 2.63. The number of carbonyl (C=O) groups excluding carboxylic acids is 1. The Kier molecular flexibility index (Phi) is 4.29. The first kappa shape index (κ1) is 14.9. The van der Waals surface area contributed by atoms with Crippen LogP contribution in [0.3, 0.4) is 0 Å². The highest BCUT2D eigenvalue weighted by Crippen LogP contribution is 2.27. The Morgan fingerprint density at radius 2 is 2.14 bits per heavy atom. The summed E-state index contributed by atoms with van der Waals surface area (Å²) >= 11 is 0. The lowest BCUT2D eigenvalue weighted by Gasteiger charge is -2.07. The Morgan fingerprint density at radius 3 is 2.77 bits per heavy atom. The second-order valence-corrected chi connectivity index (χ2v) is 4.00. The Morgan fingerprint density at radius 1 is 1.36 bits per heavy atom. The summed E-state index contributed by atoms with van der Waals surface area (Å²) < 4.78 is 9.91. The minimum absolute atomic E-state index is 0.128. The molecular weight excluding hydrogens is 290 g/mol. The van der Waals surface area contributed by atoms with Crippen molar-refractivity contribution in [2.24, 2.45) is 0 Å². The van der Waals surface area contributed by atoms with Gasteiger partial charge in [0.1, 0.15) is 23.1 Å². The summed E-state index contributed by atoms with van der Waals surface area (Å²) in [5, 5.41) is 19.7. The number of methoxy groups -OCH3 is 1. The first-order chi connectivity index (χ1) is 10.5. The Balaban J connectivity index is 2.38. The van der Waals surface area contributed by atoms with Crippen molar-refractivity contribution in [1.82, 2.24) is 4.98 Å². The van der Waals surface area contributed by atoms with Gasteiger partial charge in [-0.15, -0.1) is 0 Å². The Bertz CT molecular complexity index is 782. The Hall–Kier alpha value is -3.47.